The number of thiazole rings is 1. The van der Waals surface area contributed by atoms with E-state index in [9.17, 15) is 4.79 Å². The molecule has 0 amide bonds. The zero-order valence-electron chi connectivity index (χ0n) is 13.6. The van der Waals surface area contributed by atoms with Gasteiger partial charge in [0.05, 0.1) is 17.3 Å². The van der Waals surface area contributed by atoms with Crippen LogP contribution in [0.15, 0.2) is 35.7 Å². The number of aromatic nitrogens is 1. The van der Waals surface area contributed by atoms with Gasteiger partial charge in [0.15, 0.2) is 0 Å². The molecule has 1 heterocycles. The molecule has 1 aliphatic carbocycles. The van der Waals surface area contributed by atoms with Crippen LogP contribution in [0.4, 0.5) is 0 Å². The third kappa shape index (κ3) is 3.99. The van der Waals surface area contributed by atoms with Gasteiger partial charge in [-0.15, -0.1) is 11.3 Å². The first-order valence-electron chi connectivity index (χ1n) is 8.36. The number of nitrogens with zero attached hydrogens (tertiary/aromatic N) is 1. The summed E-state index contributed by atoms with van der Waals surface area (Å²) in [4.78, 5) is 16.4. The Balaban J connectivity index is 1.63. The number of rotatable bonds is 7. The fourth-order valence-corrected chi connectivity index (χ4v) is 3.99. The Labute approximate surface area is 141 Å². The first-order valence-corrected chi connectivity index (χ1v) is 9.24. The monoisotopic (exact) mass is 329 g/mol. The van der Waals surface area contributed by atoms with Gasteiger partial charge < -0.3 is 4.74 Å². The van der Waals surface area contributed by atoms with E-state index < -0.39 is 0 Å². The Morgan fingerprint density at radius 1 is 1.30 bits per heavy atom. The molecule has 0 spiro atoms. The van der Waals surface area contributed by atoms with Crippen LogP contribution < -0.4 is 0 Å². The van der Waals surface area contributed by atoms with Crippen molar-refractivity contribution in [1.82, 2.24) is 4.98 Å². The van der Waals surface area contributed by atoms with Crippen molar-refractivity contribution in [3.8, 4) is 11.3 Å². The highest BCUT2D eigenvalue weighted by Crippen LogP contribution is 2.44. The molecule has 0 atom stereocenters. The molecule has 0 N–H and O–H groups in total. The number of hydrogen-bond acceptors (Lipinski definition) is 4. The lowest BCUT2D eigenvalue weighted by Gasteiger charge is -2.40. The number of carbonyl (C=O) groups is 1. The van der Waals surface area contributed by atoms with Crippen LogP contribution in [-0.4, -0.2) is 17.6 Å². The largest absolute Gasteiger partial charge is 0.465 e. The summed E-state index contributed by atoms with van der Waals surface area (Å²) in [5.41, 5.74) is 2.32. The van der Waals surface area contributed by atoms with E-state index in [4.69, 9.17) is 9.72 Å². The standard InChI is InChI=1S/C19H23NO2S/c1-2-7-18(21)22-14-19(10-6-11-19)12-17-20-16(13-23-17)15-8-4-3-5-9-15/h3-5,8-9,13H,2,6-7,10-12,14H2,1H3. The predicted octanol–water partition coefficient (Wildman–Crippen LogP) is 4.87. The molecule has 0 bridgehead atoms. The zero-order chi connectivity index (χ0) is 16.1. The van der Waals surface area contributed by atoms with E-state index in [1.807, 2.05) is 25.1 Å². The van der Waals surface area contributed by atoms with Gasteiger partial charge in [0.2, 0.25) is 0 Å². The smallest absolute Gasteiger partial charge is 0.305 e. The summed E-state index contributed by atoms with van der Waals surface area (Å²) in [5, 5.41) is 3.27. The van der Waals surface area contributed by atoms with Crippen LogP contribution in [0.2, 0.25) is 0 Å². The summed E-state index contributed by atoms with van der Waals surface area (Å²) in [6, 6.07) is 10.3. The van der Waals surface area contributed by atoms with Crippen LogP contribution in [0, 0.1) is 5.41 Å². The lowest BCUT2D eigenvalue weighted by Crippen LogP contribution is -2.37. The van der Waals surface area contributed by atoms with Gasteiger partial charge in [-0.2, -0.15) is 0 Å². The van der Waals surface area contributed by atoms with Gasteiger partial charge in [0, 0.05) is 29.2 Å². The summed E-state index contributed by atoms with van der Waals surface area (Å²) < 4.78 is 5.49. The van der Waals surface area contributed by atoms with Crippen LogP contribution in [0.25, 0.3) is 11.3 Å². The fourth-order valence-electron chi connectivity index (χ4n) is 3.01. The molecule has 1 aliphatic rings. The van der Waals surface area contributed by atoms with E-state index in [-0.39, 0.29) is 11.4 Å². The van der Waals surface area contributed by atoms with E-state index in [1.165, 1.54) is 6.42 Å². The zero-order valence-corrected chi connectivity index (χ0v) is 14.4. The molecule has 4 heteroatoms. The molecule has 0 aliphatic heterocycles. The maximum Gasteiger partial charge on any atom is 0.305 e. The maximum absolute atomic E-state index is 11.6. The highest BCUT2D eigenvalue weighted by atomic mass is 32.1. The minimum atomic E-state index is -0.0668. The van der Waals surface area contributed by atoms with Crippen LogP contribution in [-0.2, 0) is 16.0 Å². The SMILES string of the molecule is CCCC(=O)OCC1(Cc2nc(-c3ccccc3)cs2)CCC1. The van der Waals surface area contributed by atoms with Gasteiger partial charge in [-0.25, -0.2) is 4.98 Å². The van der Waals surface area contributed by atoms with E-state index >= 15 is 0 Å². The molecular weight excluding hydrogens is 306 g/mol. The molecule has 1 aromatic carbocycles. The van der Waals surface area contributed by atoms with E-state index in [0.717, 1.165) is 41.9 Å². The van der Waals surface area contributed by atoms with Crippen molar-refractivity contribution in [2.24, 2.45) is 5.41 Å². The molecule has 0 radical (unpaired) electrons. The minimum absolute atomic E-state index is 0.0668. The third-order valence-electron chi connectivity index (χ3n) is 4.56. The van der Waals surface area contributed by atoms with Crippen LogP contribution >= 0.6 is 11.3 Å². The van der Waals surface area contributed by atoms with Gasteiger partial charge in [-0.3, -0.25) is 4.79 Å². The lowest BCUT2D eigenvalue weighted by molar-refractivity contribution is -0.149. The Morgan fingerprint density at radius 2 is 2.09 bits per heavy atom. The minimum Gasteiger partial charge on any atom is -0.465 e. The second-order valence-corrected chi connectivity index (χ2v) is 7.38. The fraction of sp³-hybridized carbons (Fsp3) is 0.474. The number of carbonyl (C=O) groups excluding carboxylic acids is 1. The van der Waals surface area contributed by atoms with Gasteiger partial charge in [-0.05, 0) is 19.3 Å². The Hall–Kier alpha value is -1.68. The molecule has 1 saturated carbocycles. The van der Waals surface area contributed by atoms with Crippen molar-refractivity contribution in [3.05, 3.63) is 40.7 Å². The Morgan fingerprint density at radius 3 is 2.74 bits per heavy atom. The highest BCUT2D eigenvalue weighted by Gasteiger charge is 2.39. The molecule has 0 saturated heterocycles. The van der Waals surface area contributed by atoms with Gasteiger partial charge in [0.25, 0.3) is 0 Å². The molecule has 3 rings (SSSR count). The van der Waals surface area contributed by atoms with Crippen molar-refractivity contribution in [2.45, 2.75) is 45.4 Å². The number of hydrogen-bond donors (Lipinski definition) is 0. The highest BCUT2D eigenvalue weighted by molar-refractivity contribution is 7.09. The summed E-state index contributed by atoms with van der Waals surface area (Å²) >= 11 is 1.71. The Bertz CT molecular complexity index is 646. The van der Waals surface area contributed by atoms with Crippen LogP contribution in [0.3, 0.4) is 0 Å². The Kier molecular flexibility index (Phi) is 5.11. The molecule has 1 fully saturated rings. The van der Waals surface area contributed by atoms with E-state index in [1.54, 1.807) is 11.3 Å². The first kappa shape index (κ1) is 16.2. The molecule has 1 aromatic heterocycles. The van der Waals surface area contributed by atoms with Crippen LogP contribution in [0.5, 0.6) is 0 Å². The average Bonchev–Trinajstić information content (AvgIpc) is 2.99. The summed E-state index contributed by atoms with van der Waals surface area (Å²) in [5.74, 6) is -0.0668. The van der Waals surface area contributed by atoms with Gasteiger partial charge >= 0.3 is 5.97 Å². The quantitative estimate of drug-likeness (QED) is 0.681. The van der Waals surface area contributed by atoms with Crippen molar-refractivity contribution >= 4 is 17.3 Å². The number of ether oxygens (including phenoxy) is 1. The molecule has 0 unspecified atom stereocenters. The molecular formula is C19H23NO2S. The van der Waals surface area contributed by atoms with E-state index in [0.29, 0.717) is 13.0 Å². The lowest BCUT2D eigenvalue weighted by atomic mass is 9.67. The molecule has 23 heavy (non-hydrogen) atoms. The van der Waals surface area contributed by atoms with Gasteiger partial charge in [0.1, 0.15) is 0 Å². The third-order valence-corrected chi connectivity index (χ3v) is 5.40. The summed E-state index contributed by atoms with van der Waals surface area (Å²) in [6.07, 6.45) is 5.77. The summed E-state index contributed by atoms with van der Waals surface area (Å²) in [7, 11) is 0. The normalized spacial score (nSPS) is 15.9. The average molecular weight is 329 g/mol. The number of benzene rings is 1. The topological polar surface area (TPSA) is 39.2 Å². The molecule has 122 valence electrons. The van der Waals surface area contributed by atoms with Crippen molar-refractivity contribution < 1.29 is 9.53 Å². The van der Waals surface area contributed by atoms with Crippen LogP contribution in [0.1, 0.15) is 44.0 Å². The first-order chi connectivity index (χ1) is 11.2. The van der Waals surface area contributed by atoms with Crippen molar-refractivity contribution in [1.29, 1.82) is 0 Å². The summed E-state index contributed by atoms with van der Waals surface area (Å²) in [6.45, 7) is 2.55. The second-order valence-electron chi connectivity index (χ2n) is 6.43. The van der Waals surface area contributed by atoms with Gasteiger partial charge in [-0.1, -0.05) is 43.7 Å². The molecule has 2 aromatic rings. The number of esters is 1. The van der Waals surface area contributed by atoms with E-state index in [2.05, 4.69) is 17.5 Å². The molecule has 3 nitrogen and oxygen atoms in total. The second kappa shape index (κ2) is 7.26. The maximum atomic E-state index is 11.6. The predicted molar refractivity (Wildman–Crippen MR) is 93.4 cm³/mol. The van der Waals surface area contributed by atoms with Crippen molar-refractivity contribution in [2.75, 3.05) is 6.61 Å². The van der Waals surface area contributed by atoms with Crippen molar-refractivity contribution in [3.63, 3.8) is 0 Å².